The number of likely N-dealkylation sites (tertiary alicyclic amines) is 1. The number of hydrogen-bond donors (Lipinski definition) is 1. The fourth-order valence-corrected chi connectivity index (χ4v) is 5.39. The summed E-state index contributed by atoms with van der Waals surface area (Å²) in [4.78, 5) is 22.1. The number of morpholine rings is 1. The molecule has 2 aliphatic heterocycles. The number of nitrogens with one attached hydrogen (secondary N) is 1. The first-order valence-corrected chi connectivity index (χ1v) is 13.4. The molecule has 1 unspecified atom stereocenters. The van der Waals surface area contributed by atoms with Crippen LogP contribution in [-0.2, 0) is 29.2 Å². The Hall–Kier alpha value is -2.49. The second kappa shape index (κ2) is 12.4. The lowest BCUT2D eigenvalue weighted by molar-refractivity contribution is -0.127. The Kier molecular flexibility index (Phi) is 8.74. The monoisotopic (exact) mass is 543 g/mol. The number of benzene rings is 2. The lowest BCUT2D eigenvalue weighted by Gasteiger charge is -2.30. The van der Waals surface area contributed by atoms with E-state index in [-0.39, 0.29) is 11.8 Å². The van der Waals surface area contributed by atoms with E-state index < -0.39 is 0 Å². The molecule has 2 aromatic carbocycles. The van der Waals surface area contributed by atoms with Crippen molar-refractivity contribution >= 4 is 29.1 Å². The van der Waals surface area contributed by atoms with Gasteiger partial charge in [-0.15, -0.1) is 0 Å². The fraction of sp³-hybridized carbons (Fsp3) is 0.444. The number of carbonyl (C=O) groups is 1. The second-order valence-corrected chi connectivity index (χ2v) is 10.5. The van der Waals surface area contributed by atoms with Gasteiger partial charge in [0.2, 0.25) is 17.6 Å². The van der Waals surface area contributed by atoms with Gasteiger partial charge in [-0.25, -0.2) is 0 Å². The minimum absolute atomic E-state index is 0.0709. The summed E-state index contributed by atoms with van der Waals surface area (Å²) in [6, 6.07) is 13.6. The van der Waals surface area contributed by atoms with Crippen LogP contribution < -0.4 is 5.32 Å². The maximum atomic E-state index is 13.0. The van der Waals surface area contributed by atoms with Crippen molar-refractivity contribution in [2.75, 3.05) is 39.4 Å². The molecule has 3 heterocycles. The van der Waals surface area contributed by atoms with Crippen LogP contribution in [0.15, 0.2) is 47.0 Å². The van der Waals surface area contributed by atoms with Crippen molar-refractivity contribution in [1.29, 1.82) is 0 Å². The molecule has 1 N–H and O–H groups in total. The molecule has 10 heteroatoms. The zero-order valence-electron chi connectivity index (χ0n) is 20.7. The minimum atomic E-state index is -0.0709. The summed E-state index contributed by atoms with van der Waals surface area (Å²) in [5, 5.41) is 8.24. The topological polar surface area (TPSA) is 83.7 Å². The molecule has 1 atom stereocenters. The maximum Gasteiger partial charge on any atom is 0.241 e. The number of amides is 1. The van der Waals surface area contributed by atoms with Crippen molar-refractivity contribution < 1.29 is 14.1 Å². The van der Waals surface area contributed by atoms with Gasteiger partial charge in [0.05, 0.1) is 30.7 Å². The van der Waals surface area contributed by atoms with Gasteiger partial charge in [-0.3, -0.25) is 14.6 Å². The van der Waals surface area contributed by atoms with E-state index in [0.717, 1.165) is 57.8 Å². The summed E-state index contributed by atoms with van der Waals surface area (Å²) < 4.78 is 10.9. The van der Waals surface area contributed by atoms with Crippen molar-refractivity contribution in [1.82, 2.24) is 25.3 Å². The van der Waals surface area contributed by atoms with E-state index in [9.17, 15) is 4.79 Å². The van der Waals surface area contributed by atoms with Gasteiger partial charge in [-0.2, -0.15) is 4.98 Å². The summed E-state index contributed by atoms with van der Waals surface area (Å²) in [6.07, 6.45) is 1.81. The molecule has 1 amide bonds. The molecule has 0 saturated carbocycles. The van der Waals surface area contributed by atoms with Crippen LogP contribution in [0.2, 0.25) is 10.0 Å². The van der Waals surface area contributed by atoms with E-state index in [1.54, 1.807) is 18.2 Å². The zero-order valence-corrected chi connectivity index (χ0v) is 22.2. The molecule has 2 fully saturated rings. The Morgan fingerprint density at radius 3 is 2.70 bits per heavy atom. The Labute approximate surface area is 226 Å². The summed E-state index contributed by atoms with van der Waals surface area (Å²) in [5.74, 6) is 0.943. The van der Waals surface area contributed by atoms with Crippen molar-refractivity contribution in [2.45, 2.75) is 32.5 Å². The van der Waals surface area contributed by atoms with Crippen LogP contribution in [0.3, 0.4) is 0 Å². The van der Waals surface area contributed by atoms with Gasteiger partial charge in [-0.1, -0.05) is 52.6 Å². The van der Waals surface area contributed by atoms with Gasteiger partial charge in [-0.05, 0) is 48.7 Å². The van der Waals surface area contributed by atoms with Crippen molar-refractivity contribution in [3.63, 3.8) is 0 Å². The molecule has 8 nitrogen and oxygen atoms in total. The van der Waals surface area contributed by atoms with E-state index in [1.807, 2.05) is 0 Å². The molecule has 2 aliphatic rings. The lowest BCUT2D eigenvalue weighted by Crippen LogP contribution is -2.42. The molecule has 2 saturated heterocycles. The van der Waals surface area contributed by atoms with Gasteiger partial charge in [0.1, 0.15) is 0 Å². The number of hydrogen-bond acceptors (Lipinski definition) is 7. The van der Waals surface area contributed by atoms with Gasteiger partial charge in [0, 0.05) is 43.3 Å². The standard InChI is InChI=1S/C27H31Cl2N5O3/c28-22-6-7-23(24(29)14-22)26-31-25(37-32-26)18-34-8-2-5-21(17-34)27(35)30-15-19-3-1-4-20(13-19)16-33-9-11-36-12-10-33/h1,3-4,6-7,13-14,21H,2,5,8-12,15-18H2,(H,30,35). The number of piperidine rings is 1. The highest BCUT2D eigenvalue weighted by Gasteiger charge is 2.27. The zero-order chi connectivity index (χ0) is 25.6. The van der Waals surface area contributed by atoms with E-state index in [1.165, 1.54) is 5.56 Å². The Balaban J connectivity index is 1.12. The predicted molar refractivity (Wildman–Crippen MR) is 142 cm³/mol. The van der Waals surface area contributed by atoms with Gasteiger partial charge < -0.3 is 14.6 Å². The van der Waals surface area contributed by atoms with Crippen LogP contribution in [0.1, 0.15) is 29.9 Å². The molecular formula is C27H31Cl2N5O3. The average molecular weight is 544 g/mol. The Morgan fingerprint density at radius 2 is 1.86 bits per heavy atom. The SMILES string of the molecule is O=C(NCc1cccc(CN2CCOCC2)c1)C1CCCN(Cc2nc(-c3ccc(Cl)cc3Cl)no2)C1. The van der Waals surface area contributed by atoms with Crippen LogP contribution in [0.4, 0.5) is 0 Å². The van der Waals surface area contributed by atoms with Crippen LogP contribution in [0.25, 0.3) is 11.4 Å². The number of aromatic nitrogens is 2. The van der Waals surface area contributed by atoms with Crippen molar-refractivity contribution in [3.8, 4) is 11.4 Å². The molecule has 0 aliphatic carbocycles. The summed E-state index contributed by atoms with van der Waals surface area (Å²) >= 11 is 12.3. The average Bonchev–Trinajstić information content (AvgIpc) is 3.36. The molecule has 3 aromatic rings. The van der Waals surface area contributed by atoms with Gasteiger partial charge in [0.15, 0.2) is 0 Å². The third-order valence-electron chi connectivity index (χ3n) is 6.84. The van der Waals surface area contributed by atoms with E-state index in [4.69, 9.17) is 32.5 Å². The van der Waals surface area contributed by atoms with Gasteiger partial charge >= 0.3 is 0 Å². The summed E-state index contributed by atoms with van der Waals surface area (Å²) in [5.41, 5.74) is 3.05. The molecule has 5 rings (SSSR count). The maximum absolute atomic E-state index is 13.0. The van der Waals surface area contributed by atoms with Gasteiger partial charge in [0.25, 0.3) is 0 Å². The lowest BCUT2D eigenvalue weighted by atomic mass is 9.97. The highest BCUT2D eigenvalue weighted by Crippen LogP contribution is 2.29. The first-order valence-electron chi connectivity index (χ1n) is 12.7. The second-order valence-electron chi connectivity index (χ2n) is 9.64. The Morgan fingerprint density at radius 1 is 1.03 bits per heavy atom. The number of ether oxygens (including phenoxy) is 1. The van der Waals surface area contributed by atoms with E-state index in [0.29, 0.717) is 47.0 Å². The molecule has 37 heavy (non-hydrogen) atoms. The quantitative estimate of drug-likeness (QED) is 0.450. The molecule has 196 valence electrons. The molecule has 0 spiro atoms. The largest absolute Gasteiger partial charge is 0.379 e. The van der Waals surface area contributed by atoms with Crippen LogP contribution in [0, 0.1) is 5.92 Å². The highest BCUT2D eigenvalue weighted by molar-refractivity contribution is 6.36. The molecule has 0 radical (unpaired) electrons. The van der Waals surface area contributed by atoms with Crippen molar-refractivity contribution in [3.05, 3.63) is 69.5 Å². The molecule has 0 bridgehead atoms. The van der Waals surface area contributed by atoms with E-state index in [2.05, 4.69) is 49.5 Å². The Bertz CT molecular complexity index is 1210. The number of carbonyl (C=O) groups excluding carboxylic acids is 1. The van der Waals surface area contributed by atoms with Crippen LogP contribution in [-0.4, -0.2) is 65.2 Å². The third kappa shape index (κ3) is 7.09. The van der Waals surface area contributed by atoms with Crippen molar-refractivity contribution in [2.24, 2.45) is 5.92 Å². The third-order valence-corrected chi connectivity index (χ3v) is 7.39. The normalized spacial score (nSPS) is 19.1. The predicted octanol–water partition coefficient (Wildman–Crippen LogP) is 4.40. The smallest absolute Gasteiger partial charge is 0.241 e. The molecular weight excluding hydrogens is 513 g/mol. The minimum Gasteiger partial charge on any atom is -0.379 e. The van der Waals surface area contributed by atoms with Crippen LogP contribution >= 0.6 is 23.2 Å². The highest BCUT2D eigenvalue weighted by atomic mass is 35.5. The molecule has 1 aromatic heterocycles. The first kappa shape index (κ1) is 26.1. The summed E-state index contributed by atoms with van der Waals surface area (Å²) in [7, 11) is 0. The first-order chi connectivity index (χ1) is 18.0. The van der Waals surface area contributed by atoms with Crippen LogP contribution in [0.5, 0.6) is 0 Å². The number of nitrogens with zero attached hydrogens (tertiary/aromatic N) is 4. The summed E-state index contributed by atoms with van der Waals surface area (Å²) in [6.45, 7) is 6.96. The van der Waals surface area contributed by atoms with E-state index >= 15 is 0 Å². The number of rotatable bonds is 8. The number of halogens is 2. The fourth-order valence-electron chi connectivity index (χ4n) is 4.89.